The largest absolute Gasteiger partial charge is 0.384 e. The van der Waals surface area contributed by atoms with Crippen LogP contribution in [-0.4, -0.2) is 43.4 Å². The van der Waals surface area contributed by atoms with Crippen LogP contribution in [0.15, 0.2) is 30.3 Å². The lowest BCUT2D eigenvalue weighted by molar-refractivity contribution is -0.0810. The number of aromatic amines is 1. The molecule has 1 saturated heterocycles. The Hall–Kier alpha value is -1.85. The standard InChI is InChI=1S/C17H20N2O3/c1-21-9-12-15(11-6-7-22-16(11)12)19-17(20)14-8-10-4-2-3-5-13(10)18-14/h2-5,8,11-12,15-16,18H,6-7,9H2,1H3,(H,19,20)/t11-,12-,15-,16-/m1/s1. The van der Waals surface area contributed by atoms with E-state index in [0.29, 0.717) is 18.2 Å². The minimum absolute atomic E-state index is 0.0485. The first-order chi connectivity index (χ1) is 10.8. The van der Waals surface area contributed by atoms with Crippen LogP contribution in [0.2, 0.25) is 0 Å². The summed E-state index contributed by atoms with van der Waals surface area (Å²) in [6, 6.07) is 9.95. The lowest BCUT2D eigenvalue weighted by Gasteiger charge is -2.47. The zero-order valence-corrected chi connectivity index (χ0v) is 12.5. The molecule has 5 nitrogen and oxygen atoms in total. The van der Waals surface area contributed by atoms with Gasteiger partial charge < -0.3 is 19.8 Å². The third-order valence-corrected chi connectivity index (χ3v) is 4.96. The van der Waals surface area contributed by atoms with Crippen LogP contribution in [0.3, 0.4) is 0 Å². The normalized spacial score (nSPS) is 30.0. The number of methoxy groups -OCH3 is 1. The van der Waals surface area contributed by atoms with Crippen molar-refractivity contribution < 1.29 is 14.3 Å². The van der Waals surface area contributed by atoms with Crippen LogP contribution in [0, 0.1) is 11.8 Å². The van der Waals surface area contributed by atoms with Crippen LogP contribution in [0.4, 0.5) is 0 Å². The number of aromatic nitrogens is 1. The summed E-state index contributed by atoms with van der Waals surface area (Å²) in [5.74, 6) is 0.631. The SMILES string of the molecule is COC[C@@H]1[C@H](NC(=O)c2cc3ccccc3[nH]2)[C@H]2CCO[C@H]21. The third kappa shape index (κ3) is 2.12. The summed E-state index contributed by atoms with van der Waals surface area (Å²) in [5, 5.41) is 4.22. The quantitative estimate of drug-likeness (QED) is 0.907. The molecule has 4 atom stereocenters. The van der Waals surface area contributed by atoms with E-state index < -0.39 is 0 Å². The van der Waals surface area contributed by atoms with Gasteiger partial charge >= 0.3 is 0 Å². The number of hydrogen-bond acceptors (Lipinski definition) is 3. The third-order valence-electron chi connectivity index (χ3n) is 4.96. The second kappa shape index (κ2) is 5.41. The van der Waals surface area contributed by atoms with Crippen LogP contribution in [0.5, 0.6) is 0 Å². The Kier molecular flexibility index (Phi) is 3.39. The molecule has 1 amide bonds. The molecule has 2 N–H and O–H groups in total. The van der Waals surface area contributed by atoms with Gasteiger partial charge in [0.15, 0.2) is 0 Å². The van der Waals surface area contributed by atoms with E-state index in [1.807, 2.05) is 30.3 Å². The van der Waals surface area contributed by atoms with Crippen molar-refractivity contribution in [1.29, 1.82) is 0 Å². The van der Waals surface area contributed by atoms with Crippen molar-refractivity contribution in [3.63, 3.8) is 0 Å². The molecule has 1 aromatic carbocycles. The summed E-state index contributed by atoms with van der Waals surface area (Å²) >= 11 is 0. The molecule has 0 bridgehead atoms. The summed E-state index contributed by atoms with van der Waals surface area (Å²) in [7, 11) is 1.69. The highest BCUT2D eigenvalue weighted by atomic mass is 16.5. The second-order valence-corrected chi connectivity index (χ2v) is 6.18. The number of fused-ring (bicyclic) bond motifs is 2. The van der Waals surface area contributed by atoms with Gasteiger partial charge in [0, 0.05) is 42.5 Å². The van der Waals surface area contributed by atoms with Gasteiger partial charge in [-0.25, -0.2) is 0 Å². The van der Waals surface area contributed by atoms with Crippen molar-refractivity contribution in [3.8, 4) is 0 Å². The van der Waals surface area contributed by atoms with Crippen molar-refractivity contribution in [2.75, 3.05) is 20.3 Å². The minimum Gasteiger partial charge on any atom is -0.384 e. The Morgan fingerprint density at radius 2 is 2.32 bits per heavy atom. The molecule has 1 aliphatic carbocycles. The average Bonchev–Trinajstić information content (AvgIpc) is 3.14. The van der Waals surface area contributed by atoms with Gasteiger partial charge in [0.25, 0.3) is 5.91 Å². The molecule has 2 aromatic rings. The fourth-order valence-corrected chi connectivity index (χ4v) is 3.86. The van der Waals surface area contributed by atoms with Crippen molar-refractivity contribution in [1.82, 2.24) is 10.3 Å². The lowest BCUT2D eigenvalue weighted by atomic mass is 9.67. The predicted molar refractivity (Wildman–Crippen MR) is 82.8 cm³/mol. The maximum absolute atomic E-state index is 12.5. The Morgan fingerprint density at radius 3 is 3.14 bits per heavy atom. The molecule has 1 aliphatic heterocycles. The van der Waals surface area contributed by atoms with Gasteiger partial charge in [-0.2, -0.15) is 0 Å². The van der Waals surface area contributed by atoms with Gasteiger partial charge in [0.1, 0.15) is 5.69 Å². The van der Waals surface area contributed by atoms with Gasteiger partial charge in [0.05, 0.1) is 12.7 Å². The van der Waals surface area contributed by atoms with Crippen LogP contribution < -0.4 is 5.32 Å². The first-order valence-electron chi connectivity index (χ1n) is 7.77. The Balaban J connectivity index is 1.51. The lowest BCUT2D eigenvalue weighted by Crippen LogP contribution is -2.62. The van der Waals surface area contributed by atoms with E-state index in [0.717, 1.165) is 23.9 Å². The summed E-state index contributed by atoms with van der Waals surface area (Å²) in [6.45, 7) is 1.41. The number of benzene rings is 1. The molecule has 2 heterocycles. The number of carbonyl (C=O) groups is 1. The number of para-hydroxylation sites is 1. The highest BCUT2D eigenvalue weighted by molar-refractivity contribution is 5.98. The second-order valence-electron chi connectivity index (χ2n) is 6.18. The average molecular weight is 300 g/mol. The number of nitrogens with one attached hydrogen (secondary N) is 2. The number of ether oxygens (including phenoxy) is 2. The topological polar surface area (TPSA) is 63.3 Å². The van der Waals surface area contributed by atoms with Crippen molar-refractivity contribution >= 4 is 16.8 Å². The highest BCUT2D eigenvalue weighted by Crippen LogP contribution is 2.43. The smallest absolute Gasteiger partial charge is 0.267 e. The van der Waals surface area contributed by atoms with E-state index in [-0.39, 0.29) is 24.0 Å². The summed E-state index contributed by atoms with van der Waals surface area (Å²) in [6.07, 6.45) is 1.26. The summed E-state index contributed by atoms with van der Waals surface area (Å²) in [4.78, 5) is 15.7. The molecule has 4 rings (SSSR count). The molecule has 0 spiro atoms. The van der Waals surface area contributed by atoms with E-state index in [1.165, 1.54) is 0 Å². The van der Waals surface area contributed by atoms with E-state index in [4.69, 9.17) is 9.47 Å². The van der Waals surface area contributed by atoms with Crippen molar-refractivity contribution in [2.45, 2.75) is 18.6 Å². The molecule has 1 aromatic heterocycles. The summed E-state index contributed by atoms with van der Waals surface area (Å²) < 4.78 is 11.0. The molecule has 22 heavy (non-hydrogen) atoms. The van der Waals surface area contributed by atoms with Crippen LogP contribution in [0.25, 0.3) is 10.9 Å². The van der Waals surface area contributed by atoms with Gasteiger partial charge in [-0.15, -0.1) is 0 Å². The first kappa shape index (κ1) is 13.8. The number of carbonyl (C=O) groups excluding carboxylic acids is 1. The zero-order valence-electron chi connectivity index (χ0n) is 12.5. The van der Waals surface area contributed by atoms with Gasteiger partial charge in [0.2, 0.25) is 0 Å². The molecule has 116 valence electrons. The predicted octanol–water partition coefficient (Wildman–Crippen LogP) is 1.95. The molecule has 0 radical (unpaired) electrons. The highest BCUT2D eigenvalue weighted by Gasteiger charge is 2.54. The number of rotatable bonds is 4. The molecular formula is C17H20N2O3. The van der Waals surface area contributed by atoms with Crippen LogP contribution in [0.1, 0.15) is 16.9 Å². The van der Waals surface area contributed by atoms with Crippen LogP contribution >= 0.6 is 0 Å². The Morgan fingerprint density at radius 1 is 1.45 bits per heavy atom. The number of hydrogen-bond donors (Lipinski definition) is 2. The Labute approximate surface area is 129 Å². The summed E-state index contributed by atoms with van der Waals surface area (Å²) in [5.41, 5.74) is 1.59. The van der Waals surface area contributed by atoms with Gasteiger partial charge in [-0.1, -0.05) is 18.2 Å². The van der Waals surface area contributed by atoms with Crippen LogP contribution in [-0.2, 0) is 9.47 Å². The molecule has 1 saturated carbocycles. The minimum atomic E-state index is -0.0485. The fourth-order valence-electron chi connectivity index (χ4n) is 3.86. The van der Waals surface area contributed by atoms with Gasteiger partial charge in [-0.3, -0.25) is 4.79 Å². The van der Waals surface area contributed by atoms with E-state index in [2.05, 4.69) is 10.3 Å². The van der Waals surface area contributed by atoms with E-state index in [9.17, 15) is 4.79 Å². The molecular weight excluding hydrogens is 280 g/mol. The molecule has 5 heteroatoms. The van der Waals surface area contributed by atoms with E-state index >= 15 is 0 Å². The molecule has 0 unspecified atom stereocenters. The first-order valence-corrected chi connectivity index (χ1v) is 7.77. The Bertz CT molecular complexity index is 663. The monoisotopic (exact) mass is 300 g/mol. The van der Waals surface area contributed by atoms with Crippen molar-refractivity contribution in [2.24, 2.45) is 11.8 Å². The maximum atomic E-state index is 12.5. The van der Waals surface area contributed by atoms with E-state index in [1.54, 1.807) is 7.11 Å². The zero-order chi connectivity index (χ0) is 15.1. The fraction of sp³-hybridized carbons (Fsp3) is 0.471. The van der Waals surface area contributed by atoms with Crippen molar-refractivity contribution in [3.05, 3.63) is 36.0 Å². The number of H-pyrrole nitrogens is 1. The molecule has 2 aliphatic rings. The molecule has 2 fully saturated rings. The number of amides is 1. The maximum Gasteiger partial charge on any atom is 0.267 e. The van der Waals surface area contributed by atoms with Gasteiger partial charge in [-0.05, 0) is 18.6 Å².